The van der Waals surface area contributed by atoms with E-state index in [1.807, 2.05) is 26.4 Å². The standard InChI is InChI=1S/C16H19N3/c1-11-9-19-15(10-18-11)16(17-2)14-8-13(14)12-6-4-3-5-7-12/h3-7,9-10,13-14,16-17H,8H2,1-2H3. The van der Waals surface area contributed by atoms with Crippen LogP contribution < -0.4 is 5.32 Å². The summed E-state index contributed by atoms with van der Waals surface area (Å²) in [6.07, 6.45) is 4.97. The zero-order valence-electron chi connectivity index (χ0n) is 11.4. The predicted molar refractivity (Wildman–Crippen MR) is 75.9 cm³/mol. The lowest BCUT2D eigenvalue weighted by molar-refractivity contribution is 0.503. The van der Waals surface area contributed by atoms with Crippen LogP contribution in [0.4, 0.5) is 0 Å². The highest BCUT2D eigenvalue weighted by Gasteiger charge is 2.44. The molecule has 1 aromatic heterocycles. The Hall–Kier alpha value is -1.74. The van der Waals surface area contributed by atoms with Crippen LogP contribution in [0.5, 0.6) is 0 Å². The summed E-state index contributed by atoms with van der Waals surface area (Å²) < 4.78 is 0. The first-order valence-corrected chi connectivity index (χ1v) is 6.80. The Morgan fingerprint density at radius 1 is 1.16 bits per heavy atom. The van der Waals surface area contributed by atoms with Gasteiger partial charge in [0.15, 0.2) is 0 Å². The van der Waals surface area contributed by atoms with Gasteiger partial charge in [0.05, 0.1) is 23.6 Å². The van der Waals surface area contributed by atoms with Gasteiger partial charge >= 0.3 is 0 Å². The van der Waals surface area contributed by atoms with E-state index >= 15 is 0 Å². The summed E-state index contributed by atoms with van der Waals surface area (Å²) in [6.45, 7) is 1.97. The van der Waals surface area contributed by atoms with E-state index in [2.05, 4.69) is 45.6 Å². The van der Waals surface area contributed by atoms with Gasteiger partial charge in [-0.25, -0.2) is 0 Å². The molecule has 1 N–H and O–H groups in total. The van der Waals surface area contributed by atoms with E-state index in [0.29, 0.717) is 17.9 Å². The van der Waals surface area contributed by atoms with Gasteiger partial charge < -0.3 is 5.32 Å². The monoisotopic (exact) mass is 253 g/mol. The minimum absolute atomic E-state index is 0.304. The van der Waals surface area contributed by atoms with Gasteiger partial charge in [-0.2, -0.15) is 0 Å². The molecule has 3 unspecified atom stereocenters. The topological polar surface area (TPSA) is 37.8 Å². The van der Waals surface area contributed by atoms with Crippen molar-refractivity contribution in [2.45, 2.75) is 25.3 Å². The van der Waals surface area contributed by atoms with Crippen LogP contribution in [0.15, 0.2) is 42.7 Å². The summed E-state index contributed by atoms with van der Waals surface area (Å²) >= 11 is 0. The first-order valence-electron chi connectivity index (χ1n) is 6.80. The maximum absolute atomic E-state index is 4.51. The van der Waals surface area contributed by atoms with Crippen molar-refractivity contribution < 1.29 is 0 Å². The van der Waals surface area contributed by atoms with Crippen LogP contribution in [0.2, 0.25) is 0 Å². The summed E-state index contributed by atoms with van der Waals surface area (Å²) in [6, 6.07) is 11.0. The molecule has 2 aromatic rings. The zero-order chi connectivity index (χ0) is 13.2. The second-order valence-electron chi connectivity index (χ2n) is 5.27. The quantitative estimate of drug-likeness (QED) is 0.910. The Morgan fingerprint density at radius 3 is 2.58 bits per heavy atom. The van der Waals surface area contributed by atoms with Crippen molar-refractivity contribution in [1.29, 1.82) is 0 Å². The molecule has 3 heteroatoms. The normalized spacial score (nSPS) is 23.1. The summed E-state index contributed by atoms with van der Waals surface area (Å²) in [5.74, 6) is 1.28. The Kier molecular flexibility index (Phi) is 3.30. The fourth-order valence-corrected chi connectivity index (χ4v) is 2.81. The Balaban J connectivity index is 1.77. The van der Waals surface area contributed by atoms with Crippen LogP contribution >= 0.6 is 0 Å². The largest absolute Gasteiger partial charge is 0.311 e. The predicted octanol–water partition coefficient (Wildman–Crippen LogP) is 2.85. The summed E-state index contributed by atoms with van der Waals surface area (Å²) in [4.78, 5) is 8.87. The molecule has 0 aliphatic heterocycles. The van der Waals surface area contributed by atoms with Crippen molar-refractivity contribution in [3.05, 3.63) is 59.7 Å². The number of nitrogens with one attached hydrogen (secondary N) is 1. The molecule has 1 saturated carbocycles. The third-order valence-corrected chi connectivity index (χ3v) is 3.93. The SMILES string of the molecule is CNC(c1cnc(C)cn1)C1CC1c1ccccc1. The molecule has 0 radical (unpaired) electrons. The first-order chi connectivity index (χ1) is 9.29. The van der Waals surface area contributed by atoms with E-state index in [1.165, 1.54) is 12.0 Å². The molecule has 3 nitrogen and oxygen atoms in total. The molecule has 0 spiro atoms. The van der Waals surface area contributed by atoms with Gasteiger partial charge in [-0.05, 0) is 37.8 Å². The number of nitrogens with zero attached hydrogens (tertiary/aromatic N) is 2. The van der Waals surface area contributed by atoms with Gasteiger partial charge in [-0.15, -0.1) is 0 Å². The fraction of sp³-hybridized carbons (Fsp3) is 0.375. The van der Waals surface area contributed by atoms with Crippen molar-refractivity contribution in [3.8, 4) is 0 Å². The first kappa shape index (κ1) is 12.3. The number of aryl methyl sites for hydroxylation is 1. The van der Waals surface area contributed by atoms with Crippen LogP contribution in [0, 0.1) is 12.8 Å². The third kappa shape index (κ3) is 2.51. The second kappa shape index (κ2) is 5.10. The van der Waals surface area contributed by atoms with Gasteiger partial charge in [-0.1, -0.05) is 30.3 Å². The Morgan fingerprint density at radius 2 is 1.95 bits per heavy atom. The van der Waals surface area contributed by atoms with Crippen LogP contribution in [0.1, 0.15) is 35.3 Å². The molecule has 0 amide bonds. The molecule has 1 fully saturated rings. The van der Waals surface area contributed by atoms with Crippen molar-refractivity contribution in [1.82, 2.24) is 15.3 Å². The second-order valence-corrected chi connectivity index (χ2v) is 5.27. The van der Waals surface area contributed by atoms with Gasteiger partial charge in [0, 0.05) is 6.20 Å². The van der Waals surface area contributed by atoms with Crippen LogP contribution in [-0.2, 0) is 0 Å². The van der Waals surface area contributed by atoms with Crippen molar-refractivity contribution in [2.24, 2.45) is 5.92 Å². The highest BCUT2D eigenvalue weighted by Crippen LogP contribution is 2.53. The van der Waals surface area contributed by atoms with E-state index < -0.39 is 0 Å². The number of benzene rings is 1. The maximum Gasteiger partial charge on any atom is 0.0759 e. The van der Waals surface area contributed by atoms with Crippen LogP contribution in [0.25, 0.3) is 0 Å². The van der Waals surface area contributed by atoms with Crippen molar-refractivity contribution in [3.63, 3.8) is 0 Å². The molecule has 1 aromatic carbocycles. The fourth-order valence-electron chi connectivity index (χ4n) is 2.81. The number of hydrogen-bond acceptors (Lipinski definition) is 3. The highest BCUT2D eigenvalue weighted by atomic mass is 14.9. The van der Waals surface area contributed by atoms with Gasteiger partial charge in [0.2, 0.25) is 0 Å². The van der Waals surface area contributed by atoms with Gasteiger partial charge in [0.1, 0.15) is 0 Å². The Bertz CT molecular complexity index is 536. The molecule has 1 aliphatic carbocycles. The van der Waals surface area contributed by atoms with Crippen molar-refractivity contribution in [2.75, 3.05) is 7.05 Å². The minimum Gasteiger partial charge on any atom is -0.311 e. The third-order valence-electron chi connectivity index (χ3n) is 3.93. The lowest BCUT2D eigenvalue weighted by Gasteiger charge is -2.15. The molecular formula is C16H19N3. The molecule has 1 heterocycles. The summed E-state index contributed by atoms with van der Waals surface area (Å²) in [5.41, 5.74) is 3.46. The minimum atomic E-state index is 0.304. The Labute approximate surface area is 114 Å². The molecule has 19 heavy (non-hydrogen) atoms. The zero-order valence-corrected chi connectivity index (χ0v) is 11.4. The van der Waals surface area contributed by atoms with E-state index in [-0.39, 0.29) is 0 Å². The van der Waals surface area contributed by atoms with Crippen LogP contribution in [0.3, 0.4) is 0 Å². The van der Waals surface area contributed by atoms with E-state index in [9.17, 15) is 0 Å². The molecule has 3 rings (SSSR count). The maximum atomic E-state index is 4.51. The average molecular weight is 253 g/mol. The smallest absolute Gasteiger partial charge is 0.0759 e. The number of aromatic nitrogens is 2. The number of hydrogen-bond donors (Lipinski definition) is 1. The van der Waals surface area contributed by atoms with Gasteiger partial charge in [0.25, 0.3) is 0 Å². The molecule has 0 saturated heterocycles. The van der Waals surface area contributed by atoms with E-state index in [4.69, 9.17) is 0 Å². The summed E-state index contributed by atoms with van der Waals surface area (Å²) in [5, 5.41) is 3.40. The van der Waals surface area contributed by atoms with E-state index in [1.54, 1.807) is 0 Å². The van der Waals surface area contributed by atoms with Crippen molar-refractivity contribution >= 4 is 0 Å². The number of rotatable bonds is 4. The summed E-state index contributed by atoms with van der Waals surface area (Å²) in [7, 11) is 2.01. The van der Waals surface area contributed by atoms with Crippen LogP contribution in [-0.4, -0.2) is 17.0 Å². The molecule has 3 atom stereocenters. The highest BCUT2D eigenvalue weighted by molar-refractivity contribution is 5.28. The van der Waals surface area contributed by atoms with Gasteiger partial charge in [-0.3, -0.25) is 9.97 Å². The molecule has 1 aliphatic rings. The lowest BCUT2D eigenvalue weighted by Crippen LogP contribution is -2.20. The van der Waals surface area contributed by atoms with E-state index in [0.717, 1.165) is 11.4 Å². The lowest BCUT2D eigenvalue weighted by atomic mass is 10.0. The molecular weight excluding hydrogens is 234 g/mol. The molecule has 0 bridgehead atoms. The average Bonchev–Trinajstić information content (AvgIpc) is 3.23. The molecule has 98 valence electrons.